The summed E-state index contributed by atoms with van der Waals surface area (Å²) in [6, 6.07) is 6.47. The zero-order valence-electron chi connectivity index (χ0n) is 9.30. The number of ether oxygens (including phenoxy) is 1. The maximum atomic E-state index is 11.5. The molecule has 0 N–H and O–H groups in total. The van der Waals surface area contributed by atoms with Crippen molar-refractivity contribution >= 4 is 23.3 Å². The molecule has 88 valence electrons. The molecule has 1 saturated heterocycles. The van der Waals surface area contributed by atoms with Gasteiger partial charge >= 0.3 is 5.97 Å². The summed E-state index contributed by atoms with van der Waals surface area (Å²) in [6.07, 6.45) is -0.0670. The second-order valence-electron chi connectivity index (χ2n) is 3.74. The lowest BCUT2D eigenvalue weighted by Gasteiger charge is -2.15. The molecule has 0 aliphatic carbocycles. The van der Waals surface area contributed by atoms with E-state index in [9.17, 15) is 14.4 Å². The summed E-state index contributed by atoms with van der Waals surface area (Å²) in [5.74, 6) is -0.819. The SMILES string of the molecule is COC(=O)c1cccc(N2CC(=O)CC2=O)c1. The fraction of sp³-hybridized carbons (Fsp3) is 0.250. The zero-order chi connectivity index (χ0) is 12.4. The molecule has 1 amide bonds. The number of carbonyl (C=O) groups excluding carboxylic acids is 3. The van der Waals surface area contributed by atoms with E-state index in [0.29, 0.717) is 11.3 Å². The summed E-state index contributed by atoms with van der Waals surface area (Å²) in [6.45, 7) is 0.0729. The van der Waals surface area contributed by atoms with Gasteiger partial charge in [0.1, 0.15) is 0 Å². The maximum absolute atomic E-state index is 11.5. The van der Waals surface area contributed by atoms with E-state index < -0.39 is 5.97 Å². The van der Waals surface area contributed by atoms with Gasteiger partial charge in [-0.3, -0.25) is 9.59 Å². The molecule has 0 radical (unpaired) electrons. The molecule has 17 heavy (non-hydrogen) atoms. The maximum Gasteiger partial charge on any atom is 0.337 e. The van der Waals surface area contributed by atoms with Crippen LogP contribution >= 0.6 is 0 Å². The summed E-state index contributed by atoms with van der Waals surface area (Å²) in [5, 5.41) is 0. The molecule has 1 aromatic carbocycles. The molecule has 0 bridgehead atoms. The first-order valence-electron chi connectivity index (χ1n) is 5.12. The number of hydrogen-bond donors (Lipinski definition) is 0. The highest BCUT2D eigenvalue weighted by atomic mass is 16.5. The van der Waals surface area contributed by atoms with Gasteiger partial charge in [0.05, 0.1) is 25.6 Å². The van der Waals surface area contributed by atoms with E-state index >= 15 is 0 Å². The lowest BCUT2D eigenvalue weighted by molar-refractivity contribution is -0.121. The Hall–Kier alpha value is -2.17. The molecule has 0 spiro atoms. The predicted molar refractivity (Wildman–Crippen MR) is 59.8 cm³/mol. The number of anilines is 1. The lowest BCUT2D eigenvalue weighted by atomic mass is 10.2. The van der Waals surface area contributed by atoms with Gasteiger partial charge in [0.15, 0.2) is 5.78 Å². The molecule has 0 saturated carbocycles. The minimum atomic E-state index is -0.468. The fourth-order valence-electron chi connectivity index (χ4n) is 1.74. The van der Waals surface area contributed by atoms with E-state index in [1.165, 1.54) is 12.0 Å². The second kappa shape index (κ2) is 4.37. The largest absolute Gasteiger partial charge is 0.465 e. The predicted octanol–water partition coefficient (Wildman–Crippen LogP) is 0.779. The number of benzene rings is 1. The van der Waals surface area contributed by atoms with Crippen LogP contribution in [0.5, 0.6) is 0 Å². The van der Waals surface area contributed by atoms with Gasteiger partial charge in [-0.15, -0.1) is 0 Å². The third kappa shape index (κ3) is 2.18. The first kappa shape index (κ1) is 11.3. The molecule has 1 aromatic rings. The van der Waals surface area contributed by atoms with Crippen molar-refractivity contribution in [1.29, 1.82) is 0 Å². The Balaban J connectivity index is 2.30. The number of carbonyl (C=O) groups is 3. The molecule has 1 aliphatic heterocycles. The second-order valence-corrected chi connectivity index (χ2v) is 3.74. The third-order valence-electron chi connectivity index (χ3n) is 2.56. The highest BCUT2D eigenvalue weighted by Crippen LogP contribution is 2.21. The molecule has 1 heterocycles. The summed E-state index contributed by atoms with van der Waals surface area (Å²) >= 11 is 0. The number of Topliss-reactive ketones (excluding diaryl/α,β-unsaturated/α-hetero) is 1. The number of esters is 1. The van der Waals surface area contributed by atoms with Crippen LogP contribution in [0.15, 0.2) is 24.3 Å². The molecular weight excluding hydrogens is 222 g/mol. The van der Waals surface area contributed by atoms with Crippen LogP contribution in [0, 0.1) is 0 Å². The first-order valence-corrected chi connectivity index (χ1v) is 5.12. The summed E-state index contributed by atoms with van der Waals surface area (Å²) in [5.41, 5.74) is 0.904. The van der Waals surface area contributed by atoms with Crippen molar-refractivity contribution in [2.24, 2.45) is 0 Å². The van der Waals surface area contributed by atoms with E-state index in [0.717, 1.165) is 0 Å². The Morgan fingerprint density at radius 3 is 2.71 bits per heavy atom. The quantitative estimate of drug-likeness (QED) is 0.559. The standard InChI is InChI=1S/C12H11NO4/c1-17-12(16)8-3-2-4-9(5-8)13-7-10(14)6-11(13)15/h2-5H,6-7H2,1H3. The molecule has 1 aliphatic rings. The molecular formula is C12H11NO4. The van der Waals surface area contributed by atoms with Gasteiger partial charge in [-0.1, -0.05) is 6.07 Å². The average molecular weight is 233 g/mol. The van der Waals surface area contributed by atoms with Crippen molar-refractivity contribution in [3.8, 4) is 0 Å². The van der Waals surface area contributed by atoms with E-state index in [2.05, 4.69) is 4.74 Å². The van der Waals surface area contributed by atoms with Gasteiger partial charge in [0.2, 0.25) is 5.91 Å². The summed E-state index contributed by atoms with van der Waals surface area (Å²) in [7, 11) is 1.29. The Morgan fingerprint density at radius 2 is 2.12 bits per heavy atom. The first-order chi connectivity index (χ1) is 8.11. The Kier molecular flexibility index (Phi) is 2.91. The number of ketones is 1. The van der Waals surface area contributed by atoms with E-state index in [1.54, 1.807) is 24.3 Å². The average Bonchev–Trinajstić information content (AvgIpc) is 2.67. The van der Waals surface area contributed by atoms with Crippen molar-refractivity contribution in [2.75, 3.05) is 18.6 Å². The van der Waals surface area contributed by atoms with Crippen molar-refractivity contribution in [2.45, 2.75) is 6.42 Å². The normalized spacial score (nSPS) is 15.2. The monoisotopic (exact) mass is 233 g/mol. The smallest absolute Gasteiger partial charge is 0.337 e. The van der Waals surface area contributed by atoms with E-state index in [1.807, 2.05) is 0 Å². The minimum absolute atomic E-state index is 0.0670. The Bertz CT molecular complexity index is 495. The number of hydrogen-bond acceptors (Lipinski definition) is 4. The van der Waals surface area contributed by atoms with E-state index in [4.69, 9.17) is 0 Å². The van der Waals surface area contributed by atoms with Gasteiger partial charge in [0.25, 0.3) is 0 Å². The van der Waals surface area contributed by atoms with Crippen molar-refractivity contribution in [1.82, 2.24) is 0 Å². The molecule has 0 aromatic heterocycles. The zero-order valence-corrected chi connectivity index (χ0v) is 9.30. The molecule has 1 fully saturated rings. The van der Waals surface area contributed by atoms with Crippen LogP contribution in [-0.2, 0) is 14.3 Å². The van der Waals surface area contributed by atoms with Crippen LogP contribution in [0.2, 0.25) is 0 Å². The van der Waals surface area contributed by atoms with E-state index in [-0.39, 0.29) is 24.7 Å². The highest BCUT2D eigenvalue weighted by Gasteiger charge is 2.28. The highest BCUT2D eigenvalue weighted by molar-refractivity contribution is 6.15. The van der Waals surface area contributed by atoms with Gasteiger partial charge in [-0.05, 0) is 18.2 Å². The van der Waals surface area contributed by atoms with Crippen LogP contribution in [0.4, 0.5) is 5.69 Å². The Morgan fingerprint density at radius 1 is 1.35 bits per heavy atom. The molecule has 0 atom stereocenters. The van der Waals surface area contributed by atoms with Crippen LogP contribution < -0.4 is 4.90 Å². The van der Waals surface area contributed by atoms with Crippen molar-refractivity contribution in [3.05, 3.63) is 29.8 Å². The van der Waals surface area contributed by atoms with Crippen LogP contribution in [0.1, 0.15) is 16.8 Å². The minimum Gasteiger partial charge on any atom is -0.465 e. The van der Waals surface area contributed by atoms with Gasteiger partial charge in [0, 0.05) is 5.69 Å². The van der Waals surface area contributed by atoms with Crippen LogP contribution in [-0.4, -0.2) is 31.3 Å². The van der Waals surface area contributed by atoms with Gasteiger partial charge in [-0.2, -0.15) is 0 Å². The topological polar surface area (TPSA) is 63.7 Å². The van der Waals surface area contributed by atoms with Crippen molar-refractivity contribution in [3.63, 3.8) is 0 Å². The number of amides is 1. The number of rotatable bonds is 2. The van der Waals surface area contributed by atoms with Crippen LogP contribution in [0.3, 0.4) is 0 Å². The van der Waals surface area contributed by atoms with Crippen LogP contribution in [0.25, 0.3) is 0 Å². The fourth-order valence-corrected chi connectivity index (χ4v) is 1.74. The molecule has 0 unspecified atom stereocenters. The van der Waals surface area contributed by atoms with Gasteiger partial charge < -0.3 is 9.64 Å². The number of methoxy groups -OCH3 is 1. The van der Waals surface area contributed by atoms with Crippen molar-refractivity contribution < 1.29 is 19.1 Å². The molecule has 2 rings (SSSR count). The third-order valence-corrected chi connectivity index (χ3v) is 2.56. The number of nitrogens with zero attached hydrogens (tertiary/aromatic N) is 1. The lowest BCUT2D eigenvalue weighted by Crippen LogP contribution is -2.24. The summed E-state index contributed by atoms with van der Waals surface area (Å²) in [4.78, 5) is 35.4. The summed E-state index contributed by atoms with van der Waals surface area (Å²) < 4.78 is 4.59. The molecule has 5 heteroatoms. The molecule has 5 nitrogen and oxygen atoms in total. The van der Waals surface area contributed by atoms with Gasteiger partial charge in [-0.25, -0.2) is 4.79 Å². The Labute approximate surface area is 98.0 Å².